The van der Waals surface area contributed by atoms with Crippen LogP contribution in [0.15, 0.2) is 212 Å². The first kappa shape index (κ1) is 33.6. The van der Waals surface area contributed by atoms with E-state index in [1.54, 1.807) is 0 Å². The molecule has 0 amide bonds. The van der Waals surface area contributed by atoms with Crippen LogP contribution in [-0.2, 0) is 0 Å². The first-order valence-corrected chi connectivity index (χ1v) is 19.7. The predicted octanol–water partition coefficient (Wildman–Crippen LogP) is 14.5. The quantitative estimate of drug-likeness (QED) is 0.160. The van der Waals surface area contributed by atoms with Gasteiger partial charge in [-0.25, -0.2) is 15.0 Å². The van der Waals surface area contributed by atoms with Gasteiger partial charge in [-0.3, -0.25) is 0 Å². The molecule has 11 aromatic rings. The van der Waals surface area contributed by atoms with Crippen molar-refractivity contribution in [1.29, 1.82) is 0 Å². The molecule has 0 aliphatic carbocycles. The van der Waals surface area contributed by atoms with Crippen molar-refractivity contribution < 1.29 is 0 Å². The Labute approximate surface area is 336 Å². The van der Waals surface area contributed by atoms with Crippen LogP contribution in [0.5, 0.6) is 0 Å². The lowest BCUT2D eigenvalue weighted by molar-refractivity contribution is 1.18. The Balaban J connectivity index is 1.02. The molecule has 2 heterocycles. The van der Waals surface area contributed by atoms with Crippen LogP contribution in [0.4, 0.5) is 0 Å². The Kier molecular flexibility index (Phi) is 8.15. The third-order valence-corrected chi connectivity index (χ3v) is 11.2. The average Bonchev–Trinajstić information content (AvgIpc) is 3.31. The first-order chi connectivity index (χ1) is 28.7. The van der Waals surface area contributed by atoms with Gasteiger partial charge in [0.1, 0.15) is 0 Å². The molecule has 2 aromatic heterocycles. The Hall–Kier alpha value is -7.75. The molecular weight excluding hydrogens is 703 g/mol. The lowest BCUT2D eigenvalue weighted by Crippen LogP contribution is -1.96. The fourth-order valence-corrected chi connectivity index (χ4v) is 8.46. The zero-order valence-electron chi connectivity index (χ0n) is 31.5. The lowest BCUT2D eigenvalue weighted by atomic mass is 9.89. The molecule has 0 atom stereocenters. The minimum atomic E-state index is 0.698. The maximum atomic E-state index is 5.36. The van der Waals surface area contributed by atoms with Gasteiger partial charge in [-0.05, 0) is 68.1 Å². The van der Waals surface area contributed by atoms with Gasteiger partial charge in [0.15, 0.2) is 5.82 Å². The molecule has 270 valence electrons. The number of rotatable bonds is 6. The molecule has 58 heavy (non-hydrogen) atoms. The van der Waals surface area contributed by atoms with Gasteiger partial charge in [-0.2, -0.15) is 0 Å². The van der Waals surface area contributed by atoms with Gasteiger partial charge >= 0.3 is 0 Å². The summed E-state index contributed by atoms with van der Waals surface area (Å²) in [7, 11) is 0. The van der Waals surface area contributed by atoms with E-state index in [2.05, 4.69) is 188 Å². The highest BCUT2D eigenvalue weighted by Gasteiger charge is 2.18. The van der Waals surface area contributed by atoms with E-state index >= 15 is 0 Å². The number of hydrogen-bond donors (Lipinski definition) is 0. The second kappa shape index (κ2) is 14.1. The summed E-state index contributed by atoms with van der Waals surface area (Å²) in [6.45, 7) is 0. The number of aromatic nitrogens is 3. The molecule has 0 saturated heterocycles. The van der Waals surface area contributed by atoms with Crippen molar-refractivity contribution in [2.45, 2.75) is 0 Å². The standard InChI is InChI=1S/C55H35N3/c1-3-15-36(16-4-1)40-19-13-21-42(33-40)50-35-51(58-55(57-50)39-17-5-2-6-18-39)43-22-14-20-41(34-43)37-29-31-38(32-30-37)54-53-47-26-10-8-24-45(47)44-23-7-9-25-46(44)52(53)48-27-11-12-28-49(48)56-54/h1-35H. The molecule has 0 aliphatic heterocycles. The summed E-state index contributed by atoms with van der Waals surface area (Å²) < 4.78 is 0. The third-order valence-electron chi connectivity index (χ3n) is 11.2. The van der Waals surface area contributed by atoms with Gasteiger partial charge in [0.2, 0.25) is 0 Å². The summed E-state index contributed by atoms with van der Waals surface area (Å²) in [6.07, 6.45) is 0. The van der Waals surface area contributed by atoms with Gasteiger partial charge in [-0.1, -0.05) is 188 Å². The molecule has 0 unspecified atom stereocenters. The van der Waals surface area contributed by atoms with Crippen LogP contribution in [0.3, 0.4) is 0 Å². The van der Waals surface area contributed by atoms with Gasteiger partial charge in [-0.15, -0.1) is 0 Å². The van der Waals surface area contributed by atoms with E-state index in [0.717, 1.165) is 61.5 Å². The van der Waals surface area contributed by atoms with Crippen molar-refractivity contribution in [2.75, 3.05) is 0 Å². The topological polar surface area (TPSA) is 38.7 Å². The van der Waals surface area contributed by atoms with E-state index in [4.69, 9.17) is 15.0 Å². The number of pyridine rings is 1. The molecule has 0 radical (unpaired) electrons. The highest BCUT2D eigenvalue weighted by Crippen LogP contribution is 2.43. The maximum absolute atomic E-state index is 5.36. The summed E-state index contributed by atoms with van der Waals surface area (Å²) in [5, 5.41) is 8.57. The van der Waals surface area contributed by atoms with Crippen molar-refractivity contribution in [3.8, 4) is 67.4 Å². The normalized spacial score (nSPS) is 11.4. The molecular formula is C55H35N3. The molecule has 0 fully saturated rings. The summed E-state index contributed by atoms with van der Waals surface area (Å²) in [5.41, 5.74) is 12.4. The highest BCUT2D eigenvalue weighted by molar-refractivity contribution is 6.33. The van der Waals surface area contributed by atoms with Crippen LogP contribution in [0.25, 0.3) is 111 Å². The second-order valence-electron chi connectivity index (χ2n) is 14.8. The largest absolute Gasteiger partial charge is 0.247 e. The Morgan fingerprint density at radius 3 is 1.28 bits per heavy atom. The van der Waals surface area contributed by atoms with Crippen LogP contribution in [0, 0.1) is 0 Å². The van der Waals surface area contributed by atoms with Gasteiger partial charge < -0.3 is 0 Å². The van der Waals surface area contributed by atoms with Crippen LogP contribution in [0.1, 0.15) is 0 Å². The van der Waals surface area contributed by atoms with E-state index in [1.165, 1.54) is 43.3 Å². The molecule has 0 spiro atoms. The van der Waals surface area contributed by atoms with E-state index in [0.29, 0.717) is 5.82 Å². The smallest absolute Gasteiger partial charge is 0.160 e. The van der Waals surface area contributed by atoms with Gasteiger partial charge in [0.05, 0.1) is 22.6 Å². The summed E-state index contributed by atoms with van der Waals surface area (Å²) in [6, 6.07) is 75.0. The third kappa shape index (κ3) is 5.89. The Morgan fingerprint density at radius 2 is 0.672 bits per heavy atom. The van der Waals surface area contributed by atoms with Crippen molar-refractivity contribution in [2.24, 2.45) is 0 Å². The minimum absolute atomic E-state index is 0.698. The summed E-state index contributed by atoms with van der Waals surface area (Å²) in [5.74, 6) is 0.698. The number of fused-ring (bicyclic) bond motifs is 8. The molecule has 0 N–H and O–H groups in total. The molecule has 9 aromatic carbocycles. The summed E-state index contributed by atoms with van der Waals surface area (Å²) in [4.78, 5) is 15.6. The molecule has 3 heteroatoms. The predicted molar refractivity (Wildman–Crippen MR) is 242 cm³/mol. The zero-order chi connectivity index (χ0) is 38.4. The number of nitrogens with zero attached hydrogens (tertiary/aromatic N) is 3. The molecule has 11 rings (SSSR count). The Morgan fingerprint density at radius 1 is 0.241 bits per heavy atom. The first-order valence-electron chi connectivity index (χ1n) is 19.7. The molecule has 0 bridgehead atoms. The van der Waals surface area contributed by atoms with E-state index in [9.17, 15) is 0 Å². The Bertz CT molecular complexity index is 3320. The lowest BCUT2D eigenvalue weighted by Gasteiger charge is -2.16. The fourth-order valence-electron chi connectivity index (χ4n) is 8.46. The van der Waals surface area contributed by atoms with Gasteiger partial charge in [0, 0.05) is 38.4 Å². The molecule has 0 aliphatic rings. The maximum Gasteiger partial charge on any atom is 0.160 e. The van der Waals surface area contributed by atoms with E-state index in [1.807, 2.05) is 24.3 Å². The minimum Gasteiger partial charge on any atom is -0.247 e. The average molecular weight is 738 g/mol. The second-order valence-corrected chi connectivity index (χ2v) is 14.8. The number of para-hydroxylation sites is 1. The van der Waals surface area contributed by atoms with Crippen molar-refractivity contribution in [3.63, 3.8) is 0 Å². The summed E-state index contributed by atoms with van der Waals surface area (Å²) >= 11 is 0. The van der Waals surface area contributed by atoms with E-state index < -0.39 is 0 Å². The van der Waals surface area contributed by atoms with Crippen molar-refractivity contribution >= 4 is 43.2 Å². The van der Waals surface area contributed by atoms with Crippen LogP contribution >= 0.6 is 0 Å². The zero-order valence-corrected chi connectivity index (χ0v) is 31.5. The SMILES string of the molecule is c1ccc(-c2cccc(-c3cc(-c4cccc(-c5ccc(-c6nc7ccccc7c7c8ccccc8c8ccccc8c67)cc5)c4)nc(-c4ccccc4)n3)c2)cc1. The monoisotopic (exact) mass is 737 g/mol. The van der Waals surface area contributed by atoms with Crippen molar-refractivity contribution in [3.05, 3.63) is 212 Å². The molecule has 0 saturated carbocycles. The molecule has 3 nitrogen and oxygen atoms in total. The van der Waals surface area contributed by atoms with Gasteiger partial charge in [0.25, 0.3) is 0 Å². The van der Waals surface area contributed by atoms with Crippen LogP contribution in [-0.4, -0.2) is 15.0 Å². The number of benzene rings is 9. The van der Waals surface area contributed by atoms with E-state index in [-0.39, 0.29) is 0 Å². The fraction of sp³-hybridized carbons (Fsp3) is 0. The van der Waals surface area contributed by atoms with Crippen LogP contribution < -0.4 is 0 Å². The highest BCUT2D eigenvalue weighted by atomic mass is 14.9. The number of hydrogen-bond acceptors (Lipinski definition) is 3. The van der Waals surface area contributed by atoms with Crippen molar-refractivity contribution in [1.82, 2.24) is 15.0 Å². The van der Waals surface area contributed by atoms with Crippen LogP contribution in [0.2, 0.25) is 0 Å².